The zero-order valence-corrected chi connectivity index (χ0v) is 14.5. The molecule has 1 aliphatic rings. The summed E-state index contributed by atoms with van der Waals surface area (Å²) in [6, 6.07) is 7.63. The Morgan fingerprint density at radius 1 is 1.33 bits per heavy atom. The lowest BCUT2D eigenvalue weighted by atomic mass is 10.2. The molecule has 128 valence electrons. The van der Waals surface area contributed by atoms with Crippen molar-refractivity contribution in [1.29, 1.82) is 0 Å². The Labute approximate surface area is 144 Å². The van der Waals surface area contributed by atoms with Crippen molar-refractivity contribution in [2.75, 3.05) is 36.5 Å². The molecule has 3 rings (SSSR count). The number of anilines is 2. The predicted molar refractivity (Wildman–Crippen MR) is 92.8 cm³/mol. The van der Waals surface area contributed by atoms with E-state index in [2.05, 4.69) is 19.0 Å². The van der Waals surface area contributed by atoms with Gasteiger partial charge in [0.25, 0.3) is 11.8 Å². The van der Waals surface area contributed by atoms with Crippen molar-refractivity contribution in [2.24, 2.45) is 0 Å². The molecule has 1 aliphatic heterocycles. The molecule has 0 spiro atoms. The normalized spacial score (nSPS) is 15.8. The van der Waals surface area contributed by atoms with Gasteiger partial charge in [0.1, 0.15) is 0 Å². The number of hydrogen-bond acceptors (Lipinski definition) is 7. The van der Waals surface area contributed by atoms with Crippen LogP contribution in [-0.2, 0) is 9.53 Å². The van der Waals surface area contributed by atoms with E-state index in [4.69, 9.17) is 9.47 Å². The van der Waals surface area contributed by atoms with Crippen LogP contribution in [0, 0.1) is 6.92 Å². The third kappa shape index (κ3) is 3.82. The zero-order chi connectivity index (χ0) is 16.9. The summed E-state index contributed by atoms with van der Waals surface area (Å²) in [5, 5.41) is 2.88. The number of morpholine rings is 1. The van der Waals surface area contributed by atoms with E-state index in [-0.39, 0.29) is 5.91 Å². The fraction of sp³-hybridized carbons (Fsp3) is 0.438. The Morgan fingerprint density at radius 3 is 2.83 bits per heavy atom. The fourth-order valence-electron chi connectivity index (χ4n) is 2.39. The minimum Gasteiger partial charge on any atom is -0.461 e. The molecule has 7 nitrogen and oxygen atoms in total. The van der Waals surface area contributed by atoms with Crippen LogP contribution in [0.25, 0.3) is 0 Å². The van der Waals surface area contributed by atoms with Crippen molar-refractivity contribution in [3.63, 3.8) is 0 Å². The SMILES string of the molecule is Cc1ccccc1NC(=O)C(C)Oc1nsnc1N1CCOCC1. The van der Waals surface area contributed by atoms with Crippen molar-refractivity contribution in [1.82, 2.24) is 8.75 Å². The maximum Gasteiger partial charge on any atom is 0.271 e. The van der Waals surface area contributed by atoms with Crippen LogP contribution in [0.15, 0.2) is 24.3 Å². The molecule has 2 heterocycles. The summed E-state index contributed by atoms with van der Waals surface area (Å²) in [6.45, 7) is 6.44. The lowest BCUT2D eigenvalue weighted by molar-refractivity contribution is -0.122. The number of nitrogens with zero attached hydrogens (tertiary/aromatic N) is 3. The lowest BCUT2D eigenvalue weighted by Gasteiger charge is -2.27. The van der Waals surface area contributed by atoms with E-state index in [9.17, 15) is 4.79 Å². The average Bonchev–Trinajstić information content (AvgIpc) is 3.05. The lowest BCUT2D eigenvalue weighted by Crippen LogP contribution is -2.37. The number of aryl methyl sites for hydroxylation is 1. The first-order valence-corrected chi connectivity index (χ1v) is 8.56. The zero-order valence-electron chi connectivity index (χ0n) is 13.7. The second-order valence-corrected chi connectivity index (χ2v) is 6.09. The minimum absolute atomic E-state index is 0.217. The fourth-order valence-corrected chi connectivity index (χ4v) is 2.90. The molecular formula is C16H20N4O3S. The van der Waals surface area contributed by atoms with E-state index in [0.717, 1.165) is 36.1 Å². The van der Waals surface area contributed by atoms with Crippen molar-refractivity contribution in [3.8, 4) is 5.88 Å². The van der Waals surface area contributed by atoms with Gasteiger partial charge in [-0.15, -0.1) is 4.37 Å². The Balaban J connectivity index is 1.64. The van der Waals surface area contributed by atoms with Crippen LogP contribution >= 0.6 is 11.7 Å². The summed E-state index contributed by atoms with van der Waals surface area (Å²) < 4.78 is 19.6. The Kier molecular flexibility index (Phi) is 5.27. The minimum atomic E-state index is -0.673. The van der Waals surface area contributed by atoms with E-state index < -0.39 is 6.10 Å². The Hall–Kier alpha value is -2.19. The van der Waals surface area contributed by atoms with Crippen LogP contribution in [0.2, 0.25) is 0 Å². The third-order valence-electron chi connectivity index (χ3n) is 3.81. The van der Waals surface area contributed by atoms with Crippen molar-refractivity contribution in [3.05, 3.63) is 29.8 Å². The highest BCUT2D eigenvalue weighted by Crippen LogP contribution is 2.27. The van der Waals surface area contributed by atoms with Gasteiger partial charge in [0.2, 0.25) is 5.82 Å². The number of rotatable bonds is 5. The van der Waals surface area contributed by atoms with Crippen LogP contribution in [0.1, 0.15) is 12.5 Å². The van der Waals surface area contributed by atoms with Gasteiger partial charge in [0.15, 0.2) is 6.10 Å². The maximum absolute atomic E-state index is 12.4. The summed E-state index contributed by atoms with van der Waals surface area (Å²) in [5.41, 5.74) is 1.78. The van der Waals surface area contributed by atoms with Gasteiger partial charge in [-0.1, -0.05) is 18.2 Å². The van der Waals surface area contributed by atoms with E-state index in [0.29, 0.717) is 24.9 Å². The number of amides is 1. The average molecular weight is 348 g/mol. The molecule has 1 fully saturated rings. The number of nitrogens with one attached hydrogen (secondary N) is 1. The van der Waals surface area contributed by atoms with Crippen molar-refractivity contribution in [2.45, 2.75) is 20.0 Å². The molecule has 0 radical (unpaired) electrons. The maximum atomic E-state index is 12.4. The number of carbonyl (C=O) groups is 1. The van der Waals surface area contributed by atoms with Crippen LogP contribution in [-0.4, -0.2) is 47.1 Å². The monoisotopic (exact) mass is 348 g/mol. The van der Waals surface area contributed by atoms with Gasteiger partial charge in [0, 0.05) is 18.8 Å². The number of ether oxygens (including phenoxy) is 2. The molecule has 8 heteroatoms. The highest BCUT2D eigenvalue weighted by atomic mass is 32.1. The van der Waals surface area contributed by atoms with Gasteiger partial charge in [-0.3, -0.25) is 4.79 Å². The van der Waals surface area contributed by atoms with E-state index in [1.165, 1.54) is 0 Å². The second-order valence-electron chi connectivity index (χ2n) is 5.56. The van der Waals surface area contributed by atoms with Crippen LogP contribution in [0.5, 0.6) is 5.88 Å². The van der Waals surface area contributed by atoms with E-state index in [1.807, 2.05) is 31.2 Å². The van der Waals surface area contributed by atoms with Gasteiger partial charge >= 0.3 is 0 Å². The highest BCUT2D eigenvalue weighted by Gasteiger charge is 2.23. The smallest absolute Gasteiger partial charge is 0.271 e. The largest absolute Gasteiger partial charge is 0.461 e. The number of carbonyl (C=O) groups excluding carboxylic acids is 1. The van der Waals surface area contributed by atoms with Crippen LogP contribution in [0.4, 0.5) is 11.5 Å². The first-order chi connectivity index (χ1) is 11.6. The van der Waals surface area contributed by atoms with Crippen molar-refractivity contribution < 1.29 is 14.3 Å². The van der Waals surface area contributed by atoms with Crippen LogP contribution in [0.3, 0.4) is 0 Å². The van der Waals surface area contributed by atoms with Crippen LogP contribution < -0.4 is 15.0 Å². The molecule has 2 aromatic rings. The first kappa shape index (κ1) is 16.7. The Bertz CT molecular complexity index is 700. The van der Waals surface area contributed by atoms with Crippen molar-refractivity contribution >= 4 is 29.1 Å². The summed E-state index contributed by atoms with van der Waals surface area (Å²) >= 11 is 1.08. The van der Waals surface area contributed by atoms with E-state index in [1.54, 1.807) is 6.92 Å². The van der Waals surface area contributed by atoms with Gasteiger partial charge in [-0.2, -0.15) is 4.37 Å². The molecule has 1 amide bonds. The number of hydrogen-bond donors (Lipinski definition) is 1. The molecule has 0 bridgehead atoms. The van der Waals surface area contributed by atoms with Gasteiger partial charge in [-0.05, 0) is 25.5 Å². The molecule has 1 saturated heterocycles. The molecule has 1 atom stereocenters. The number of para-hydroxylation sites is 1. The quantitative estimate of drug-likeness (QED) is 0.892. The summed E-state index contributed by atoms with van der Waals surface area (Å²) in [5.74, 6) is 0.860. The highest BCUT2D eigenvalue weighted by molar-refractivity contribution is 6.99. The predicted octanol–water partition coefficient (Wildman–Crippen LogP) is 2.09. The topological polar surface area (TPSA) is 76.6 Å². The molecule has 1 unspecified atom stereocenters. The molecule has 1 N–H and O–H groups in total. The standard InChI is InChI=1S/C16H20N4O3S/c1-11-5-3-4-6-13(11)17-15(21)12(2)23-16-14(18-24-19-16)20-7-9-22-10-8-20/h3-6,12H,7-10H2,1-2H3,(H,17,21). The molecule has 1 aromatic heterocycles. The number of benzene rings is 1. The Morgan fingerprint density at radius 2 is 2.08 bits per heavy atom. The summed E-state index contributed by atoms with van der Waals surface area (Å²) in [6.07, 6.45) is -0.673. The third-order valence-corrected chi connectivity index (χ3v) is 4.32. The molecule has 1 aromatic carbocycles. The molecule has 0 aliphatic carbocycles. The second kappa shape index (κ2) is 7.59. The summed E-state index contributed by atoms with van der Waals surface area (Å²) in [7, 11) is 0. The first-order valence-electron chi connectivity index (χ1n) is 7.83. The molecular weight excluding hydrogens is 328 g/mol. The van der Waals surface area contributed by atoms with Gasteiger partial charge in [-0.25, -0.2) is 0 Å². The van der Waals surface area contributed by atoms with Gasteiger partial charge in [0.05, 0.1) is 24.9 Å². The summed E-state index contributed by atoms with van der Waals surface area (Å²) in [4.78, 5) is 14.4. The number of aromatic nitrogens is 2. The molecule has 24 heavy (non-hydrogen) atoms. The van der Waals surface area contributed by atoms with E-state index >= 15 is 0 Å². The molecule has 0 saturated carbocycles. The van der Waals surface area contributed by atoms with Gasteiger partial charge < -0.3 is 19.7 Å².